The zero-order valence-corrected chi connectivity index (χ0v) is 14.1. The van der Waals surface area contributed by atoms with Crippen LogP contribution in [0.3, 0.4) is 0 Å². The molecule has 0 saturated heterocycles. The first-order valence-corrected chi connectivity index (χ1v) is 9.48. The molecule has 0 aromatic heterocycles. The van der Waals surface area contributed by atoms with Crippen molar-refractivity contribution in [3.8, 4) is 0 Å². The molecular formula is C18H20N2O3S. The van der Waals surface area contributed by atoms with Gasteiger partial charge in [0, 0.05) is 13.1 Å². The quantitative estimate of drug-likeness (QED) is 0.498. The summed E-state index contributed by atoms with van der Waals surface area (Å²) in [6.07, 6.45) is 1.07. The highest BCUT2D eigenvalue weighted by atomic mass is 32.2. The van der Waals surface area contributed by atoms with Crippen molar-refractivity contribution < 1.29 is 13.6 Å². The van der Waals surface area contributed by atoms with Crippen LogP contribution in [0.5, 0.6) is 0 Å². The minimum absolute atomic E-state index is 0.246. The number of aryl methyl sites for hydroxylation is 1. The number of nitrogens with zero attached hydrogens (tertiary/aromatic N) is 2. The van der Waals surface area contributed by atoms with E-state index in [-0.39, 0.29) is 11.5 Å². The summed E-state index contributed by atoms with van der Waals surface area (Å²) in [4.78, 5) is 0. The normalized spacial score (nSPS) is 15.4. The van der Waals surface area contributed by atoms with Crippen LogP contribution in [-0.2, 0) is 29.5 Å². The van der Waals surface area contributed by atoms with Gasteiger partial charge in [0.2, 0.25) is 10.0 Å². The standard InChI is InChI=1S/C18H20N2O3S/c21-19-18(11-10-15-6-2-1-3-7-15)14-24(22,23)20-12-16-8-4-5-9-17(16)13-20/h1-9,21H,10-14H2. The van der Waals surface area contributed by atoms with Crippen LogP contribution in [0.25, 0.3) is 0 Å². The van der Waals surface area contributed by atoms with E-state index < -0.39 is 10.0 Å². The number of hydrogen-bond donors (Lipinski definition) is 1. The van der Waals surface area contributed by atoms with Crippen molar-refractivity contribution in [2.45, 2.75) is 25.9 Å². The van der Waals surface area contributed by atoms with Crippen molar-refractivity contribution in [1.29, 1.82) is 0 Å². The largest absolute Gasteiger partial charge is 0.411 e. The van der Waals surface area contributed by atoms with E-state index in [0.717, 1.165) is 16.7 Å². The lowest BCUT2D eigenvalue weighted by Crippen LogP contribution is -2.31. The van der Waals surface area contributed by atoms with Gasteiger partial charge in [-0.15, -0.1) is 0 Å². The van der Waals surface area contributed by atoms with E-state index in [1.165, 1.54) is 4.31 Å². The van der Waals surface area contributed by atoms with Gasteiger partial charge in [-0.2, -0.15) is 4.31 Å². The van der Waals surface area contributed by atoms with Gasteiger partial charge in [0.15, 0.2) is 0 Å². The Hall–Kier alpha value is -2.18. The van der Waals surface area contributed by atoms with Crippen LogP contribution in [0.1, 0.15) is 23.1 Å². The Morgan fingerprint density at radius 2 is 1.58 bits per heavy atom. The van der Waals surface area contributed by atoms with Crippen LogP contribution in [0.2, 0.25) is 0 Å². The maximum Gasteiger partial charge on any atom is 0.220 e. The summed E-state index contributed by atoms with van der Waals surface area (Å²) < 4.78 is 26.7. The fraction of sp³-hybridized carbons (Fsp3) is 0.278. The van der Waals surface area contributed by atoms with Crippen LogP contribution in [0.15, 0.2) is 59.8 Å². The van der Waals surface area contributed by atoms with Crippen LogP contribution >= 0.6 is 0 Å². The molecule has 126 valence electrons. The maximum atomic E-state index is 12.6. The second-order valence-electron chi connectivity index (χ2n) is 5.94. The molecule has 0 spiro atoms. The molecule has 0 fully saturated rings. The molecule has 3 rings (SSSR count). The summed E-state index contributed by atoms with van der Waals surface area (Å²) in [6.45, 7) is 0.770. The monoisotopic (exact) mass is 344 g/mol. The Labute approximate surface area is 142 Å². The van der Waals surface area contributed by atoms with E-state index in [9.17, 15) is 13.6 Å². The number of rotatable bonds is 6. The molecule has 1 aliphatic heterocycles. The number of benzene rings is 2. The van der Waals surface area contributed by atoms with Gasteiger partial charge < -0.3 is 5.21 Å². The van der Waals surface area contributed by atoms with E-state index in [1.807, 2.05) is 54.6 Å². The number of sulfonamides is 1. The third kappa shape index (κ3) is 3.83. The predicted octanol–water partition coefficient (Wildman–Crippen LogP) is 2.80. The lowest BCUT2D eigenvalue weighted by Gasteiger charge is -2.16. The van der Waals surface area contributed by atoms with Crippen molar-refractivity contribution in [3.05, 3.63) is 71.3 Å². The van der Waals surface area contributed by atoms with Gasteiger partial charge in [0.1, 0.15) is 5.75 Å². The molecular weight excluding hydrogens is 324 g/mol. The Bertz CT molecular complexity index is 807. The molecule has 1 N–H and O–H groups in total. The highest BCUT2D eigenvalue weighted by Crippen LogP contribution is 2.25. The number of fused-ring (bicyclic) bond motifs is 1. The Morgan fingerprint density at radius 3 is 2.17 bits per heavy atom. The van der Waals surface area contributed by atoms with E-state index in [4.69, 9.17) is 0 Å². The minimum atomic E-state index is -3.50. The zero-order chi connectivity index (χ0) is 17.0. The molecule has 0 atom stereocenters. The molecule has 0 unspecified atom stereocenters. The first kappa shape index (κ1) is 16.7. The summed E-state index contributed by atoms with van der Waals surface area (Å²) in [5, 5.41) is 12.4. The van der Waals surface area contributed by atoms with Crippen molar-refractivity contribution in [2.24, 2.45) is 5.16 Å². The van der Waals surface area contributed by atoms with Crippen molar-refractivity contribution in [1.82, 2.24) is 4.31 Å². The van der Waals surface area contributed by atoms with Crippen LogP contribution in [-0.4, -0.2) is 29.4 Å². The average molecular weight is 344 g/mol. The second-order valence-corrected chi connectivity index (χ2v) is 7.91. The first-order chi connectivity index (χ1) is 11.6. The first-order valence-electron chi connectivity index (χ1n) is 7.87. The third-order valence-corrected chi connectivity index (χ3v) is 5.98. The molecule has 1 aliphatic rings. The summed E-state index contributed by atoms with van der Waals surface area (Å²) >= 11 is 0. The summed E-state index contributed by atoms with van der Waals surface area (Å²) in [7, 11) is -3.50. The SMILES string of the molecule is O=S(=O)(CC(CCc1ccccc1)=NO)N1Cc2ccccc2C1. The van der Waals surface area contributed by atoms with Crippen molar-refractivity contribution in [2.75, 3.05) is 5.75 Å². The minimum Gasteiger partial charge on any atom is -0.411 e. The van der Waals surface area contributed by atoms with Crippen molar-refractivity contribution >= 4 is 15.7 Å². The third-order valence-electron chi connectivity index (χ3n) is 4.24. The second kappa shape index (κ2) is 7.15. The van der Waals surface area contributed by atoms with E-state index in [2.05, 4.69) is 5.16 Å². The highest BCUT2D eigenvalue weighted by Gasteiger charge is 2.30. The van der Waals surface area contributed by atoms with Gasteiger partial charge in [-0.25, -0.2) is 8.42 Å². The van der Waals surface area contributed by atoms with Gasteiger partial charge >= 0.3 is 0 Å². The van der Waals surface area contributed by atoms with Crippen LogP contribution in [0.4, 0.5) is 0 Å². The molecule has 0 amide bonds. The molecule has 0 radical (unpaired) electrons. The summed E-state index contributed by atoms with van der Waals surface area (Å²) in [5.74, 6) is -0.246. The average Bonchev–Trinajstić information content (AvgIpc) is 3.04. The van der Waals surface area contributed by atoms with Gasteiger partial charge in [-0.1, -0.05) is 59.8 Å². The molecule has 0 aliphatic carbocycles. The van der Waals surface area contributed by atoms with Crippen LogP contribution < -0.4 is 0 Å². The van der Waals surface area contributed by atoms with Gasteiger partial charge in [0.05, 0.1) is 5.71 Å². The van der Waals surface area contributed by atoms with Gasteiger partial charge in [0.25, 0.3) is 0 Å². The Kier molecular flexibility index (Phi) is 4.97. The van der Waals surface area contributed by atoms with Crippen LogP contribution in [0, 0.1) is 0 Å². The molecule has 1 heterocycles. The zero-order valence-electron chi connectivity index (χ0n) is 13.3. The molecule has 2 aromatic carbocycles. The number of hydrogen-bond acceptors (Lipinski definition) is 4. The highest BCUT2D eigenvalue weighted by molar-refractivity contribution is 7.89. The van der Waals surface area contributed by atoms with Gasteiger partial charge in [-0.05, 0) is 29.5 Å². The maximum absolute atomic E-state index is 12.6. The van der Waals surface area contributed by atoms with Crippen molar-refractivity contribution in [3.63, 3.8) is 0 Å². The fourth-order valence-corrected chi connectivity index (χ4v) is 4.36. The smallest absolute Gasteiger partial charge is 0.220 e. The van der Waals surface area contributed by atoms with E-state index >= 15 is 0 Å². The number of oxime groups is 1. The molecule has 2 aromatic rings. The topological polar surface area (TPSA) is 70.0 Å². The molecule has 24 heavy (non-hydrogen) atoms. The molecule has 6 heteroatoms. The van der Waals surface area contributed by atoms with Gasteiger partial charge in [-0.3, -0.25) is 0 Å². The lowest BCUT2D eigenvalue weighted by atomic mass is 10.1. The molecule has 5 nitrogen and oxygen atoms in total. The summed E-state index contributed by atoms with van der Waals surface area (Å²) in [6, 6.07) is 17.5. The molecule has 0 bridgehead atoms. The molecule has 0 saturated carbocycles. The fourth-order valence-electron chi connectivity index (χ4n) is 2.88. The predicted molar refractivity (Wildman–Crippen MR) is 93.5 cm³/mol. The Morgan fingerprint density at radius 1 is 1.00 bits per heavy atom. The summed E-state index contributed by atoms with van der Waals surface area (Å²) in [5.41, 5.74) is 3.44. The lowest BCUT2D eigenvalue weighted by molar-refractivity contribution is 0.317. The van der Waals surface area contributed by atoms with E-state index in [1.54, 1.807) is 0 Å². The Balaban J connectivity index is 1.63. The van der Waals surface area contributed by atoms with E-state index in [0.29, 0.717) is 25.9 Å².